The Hall–Kier alpha value is -1.06. The van der Waals surface area contributed by atoms with E-state index < -0.39 is 5.60 Å². The zero-order valence-electron chi connectivity index (χ0n) is 9.67. The molecule has 3 nitrogen and oxygen atoms in total. The molecule has 5 heteroatoms. The van der Waals surface area contributed by atoms with Gasteiger partial charge in [-0.2, -0.15) is 0 Å². The highest BCUT2D eigenvalue weighted by atomic mass is 35.5. The maximum Gasteiger partial charge on any atom is 0.264 e. The summed E-state index contributed by atoms with van der Waals surface area (Å²) in [5.41, 5.74) is 0.342. The first-order valence-corrected chi connectivity index (χ1v) is 5.85. The van der Waals surface area contributed by atoms with Crippen molar-refractivity contribution in [1.82, 2.24) is 0 Å². The summed E-state index contributed by atoms with van der Waals surface area (Å²) in [7, 11) is 0. The van der Waals surface area contributed by atoms with Crippen molar-refractivity contribution >= 4 is 40.6 Å². The molecule has 0 N–H and O–H groups in total. The van der Waals surface area contributed by atoms with Crippen LogP contribution in [0.4, 0.5) is 5.69 Å². The van der Waals surface area contributed by atoms with Crippen molar-refractivity contribution in [2.75, 3.05) is 0 Å². The fourth-order valence-electron chi connectivity index (χ4n) is 1.46. The number of fused-ring (bicyclic) bond motifs is 1. The van der Waals surface area contributed by atoms with E-state index in [2.05, 4.69) is 4.99 Å². The standard InChI is InChI=1S/C12H11Cl2NO2/c1-12(2,3)17-11-10(16)6-4-5-7(13)8(14)9(6)15-11/h4-5H,1-3H3. The first kappa shape index (κ1) is 12.4. The van der Waals surface area contributed by atoms with Crippen LogP contribution >= 0.6 is 23.2 Å². The summed E-state index contributed by atoms with van der Waals surface area (Å²) in [5, 5.41) is 0.656. The number of aliphatic imine (C=N–C) groups is 1. The van der Waals surface area contributed by atoms with E-state index in [0.29, 0.717) is 16.3 Å². The number of halogens is 2. The smallest absolute Gasteiger partial charge is 0.264 e. The molecule has 0 radical (unpaired) electrons. The molecule has 1 aliphatic rings. The van der Waals surface area contributed by atoms with Crippen molar-refractivity contribution in [2.45, 2.75) is 26.4 Å². The SMILES string of the molecule is CC(C)(C)OC1=Nc2c(ccc(Cl)c2Cl)C1=O. The number of hydrogen-bond acceptors (Lipinski definition) is 3. The Morgan fingerprint density at radius 1 is 1.24 bits per heavy atom. The van der Waals surface area contributed by atoms with E-state index in [0.717, 1.165) is 0 Å². The Labute approximate surface area is 109 Å². The number of carbonyl (C=O) groups is 1. The van der Waals surface area contributed by atoms with Crippen LogP contribution in [0.25, 0.3) is 0 Å². The number of carbonyl (C=O) groups excluding carboxylic acids is 1. The fraction of sp³-hybridized carbons (Fsp3) is 0.333. The molecule has 2 rings (SSSR count). The van der Waals surface area contributed by atoms with Crippen molar-refractivity contribution in [3.8, 4) is 0 Å². The number of ether oxygens (including phenoxy) is 1. The van der Waals surface area contributed by atoms with E-state index in [1.54, 1.807) is 12.1 Å². The predicted molar refractivity (Wildman–Crippen MR) is 68.7 cm³/mol. The van der Waals surface area contributed by atoms with Gasteiger partial charge in [0.1, 0.15) is 5.60 Å². The van der Waals surface area contributed by atoms with E-state index in [1.807, 2.05) is 20.8 Å². The number of hydrogen-bond donors (Lipinski definition) is 0. The summed E-state index contributed by atoms with van der Waals surface area (Å²) < 4.78 is 5.49. The highest BCUT2D eigenvalue weighted by molar-refractivity contribution is 6.51. The molecule has 1 aromatic carbocycles. The quantitative estimate of drug-likeness (QED) is 0.715. The lowest BCUT2D eigenvalue weighted by atomic mass is 10.1. The first-order chi connectivity index (χ1) is 7.79. The molecular weight excluding hydrogens is 261 g/mol. The van der Waals surface area contributed by atoms with Gasteiger partial charge in [-0.1, -0.05) is 23.2 Å². The van der Waals surface area contributed by atoms with Crippen LogP contribution in [-0.2, 0) is 4.74 Å². The topological polar surface area (TPSA) is 38.7 Å². The second-order valence-electron chi connectivity index (χ2n) is 4.72. The lowest BCUT2D eigenvalue weighted by Gasteiger charge is -2.19. The minimum atomic E-state index is -0.479. The van der Waals surface area contributed by atoms with E-state index in [4.69, 9.17) is 27.9 Å². The number of nitrogens with zero attached hydrogens (tertiary/aromatic N) is 1. The van der Waals surface area contributed by atoms with Crippen LogP contribution in [0.5, 0.6) is 0 Å². The summed E-state index contributed by atoms with van der Waals surface area (Å²) in [4.78, 5) is 16.1. The molecule has 0 unspecified atom stereocenters. The van der Waals surface area contributed by atoms with Crippen LogP contribution < -0.4 is 0 Å². The minimum Gasteiger partial charge on any atom is -0.469 e. The first-order valence-electron chi connectivity index (χ1n) is 5.10. The van der Waals surface area contributed by atoms with Gasteiger partial charge in [0, 0.05) is 0 Å². The Kier molecular flexibility index (Phi) is 2.92. The third kappa shape index (κ3) is 2.31. The van der Waals surface area contributed by atoms with Gasteiger partial charge in [0.05, 0.1) is 21.3 Å². The van der Waals surface area contributed by atoms with Gasteiger partial charge in [0.15, 0.2) is 0 Å². The molecule has 0 bridgehead atoms. The van der Waals surface area contributed by atoms with E-state index >= 15 is 0 Å². The molecule has 0 amide bonds. The molecule has 0 fully saturated rings. The van der Waals surface area contributed by atoms with Gasteiger partial charge in [0.25, 0.3) is 5.90 Å². The third-order valence-electron chi connectivity index (χ3n) is 2.12. The van der Waals surface area contributed by atoms with Gasteiger partial charge < -0.3 is 4.74 Å². The van der Waals surface area contributed by atoms with Gasteiger partial charge in [-0.25, -0.2) is 4.99 Å². The van der Waals surface area contributed by atoms with Gasteiger partial charge in [-0.15, -0.1) is 0 Å². The monoisotopic (exact) mass is 271 g/mol. The Morgan fingerprint density at radius 3 is 2.47 bits per heavy atom. The molecule has 1 heterocycles. The molecule has 0 spiro atoms. The van der Waals surface area contributed by atoms with Crippen LogP contribution in [0.3, 0.4) is 0 Å². The highest BCUT2D eigenvalue weighted by Gasteiger charge is 2.31. The summed E-state index contributed by atoms with van der Waals surface area (Å²) in [6, 6.07) is 3.19. The van der Waals surface area contributed by atoms with Crippen molar-refractivity contribution in [3.63, 3.8) is 0 Å². The number of Topliss-reactive ketones (excluding diaryl/α,β-unsaturated/α-hetero) is 1. The molecular formula is C12H11Cl2NO2. The van der Waals surface area contributed by atoms with Gasteiger partial charge in [-0.05, 0) is 32.9 Å². The van der Waals surface area contributed by atoms with Gasteiger partial charge in [-0.3, -0.25) is 4.79 Å². The number of ketones is 1. The summed E-state index contributed by atoms with van der Waals surface area (Å²) in [6.07, 6.45) is 0. The summed E-state index contributed by atoms with van der Waals surface area (Å²) in [5.74, 6) is -0.190. The Bertz CT molecular complexity index is 530. The maximum atomic E-state index is 12.0. The summed E-state index contributed by atoms with van der Waals surface area (Å²) in [6.45, 7) is 5.54. The average Bonchev–Trinajstić information content (AvgIpc) is 2.49. The second-order valence-corrected chi connectivity index (χ2v) is 5.50. The van der Waals surface area contributed by atoms with E-state index in [9.17, 15) is 4.79 Å². The zero-order valence-corrected chi connectivity index (χ0v) is 11.2. The van der Waals surface area contributed by atoms with Crippen molar-refractivity contribution in [2.24, 2.45) is 4.99 Å². The fourth-order valence-corrected chi connectivity index (χ4v) is 1.82. The normalized spacial score (nSPS) is 14.6. The molecule has 90 valence electrons. The predicted octanol–water partition coefficient (Wildman–Crippen LogP) is 4.03. The average molecular weight is 272 g/mol. The number of benzene rings is 1. The van der Waals surface area contributed by atoms with Gasteiger partial charge >= 0.3 is 0 Å². The Morgan fingerprint density at radius 2 is 1.88 bits per heavy atom. The minimum absolute atomic E-state index is 0.0664. The van der Waals surface area contributed by atoms with Crippen LogP contribution in [0.1, 0.15) is 31.1 Å². The largest absolute Gasteiger partial charge is 0.469 e. The van der Waals surface area contributed by atoms with Crippen molar-refractivity contribution in [3.05, 3.63) is 27.7 Å². The van der Waals surface area contributed by atoms with Crippen LogP contribution in [0.15, 0.2) is 17.1 Å². The van der Waals surface area contributed by atoms with Gasteiger partial charge in [0.2, 0.25) is 5.78 Å². The number of rotatable bonds is 0. The molecule has 17 heavy (non-hydrogen) atoms. The van der Waals surface area contributed by atoms with Crippen LogP contribution in [0, 0.1) is 0 Å². The molecule has 0 saturated carbocycles. The lowest BCUT2D eigenvalue weighted by Crippen LogP contribution is -2.27. The van der Waals surface area contributed by atoms with E-state index in [1.165, 1.54) is 0 Å². The van der Waals surface area contributed by atoms with Crippen LogP contribution in [-0.4, -0.2) is 17.3 Å². The highest BCUT2D eigenvalue weighted by Crippen LogP contribution is 2.39. The molecule has 1 aromatic rings. The summed E-state index contributed by atoms with van der Waals surface area (Å²) >= 11 is 11.9. The van der Waals surface area contributed by atoms with E-state index in [-0.39, 0.29) is 16.7 Å². The molecule has 0 aromatic heterocycles. The Balaban J connectivity index is 2.44. The third-order valence-corrected chi connectivity index (χ3v) is 2.92. The van der Waals surface area contributed by atoms with Crippen molar-refractivity contribution in [1.29, 1.82) is 0 Å². The molecule has 1 aliphatic heterocycles. The molecule has 0 atom stereocenters. The molecule has 0 aliphatic carbocycles. The lowest BCUT2D eigenvalue weighted by molar-refractivity contribution is 0.0882. The maximum absolute atomic E-state index is 12.0. The second kappa shape index (κ2) is 4.00. The zero-order chi connectivity index (χ0) is 12.8. The van der Waals surface area contributed by atoms with Crippen molar-refractivity contribution < 1.29 is 9.53 Å². The van der Waals surface area contributed by atoms with Crippen LogP contribution in [0.2, 0.25) is 10.0 Å². The molecule has 0 saturated heterocycles.